The Balaban J connectivity index is 1.47. The first-order valence-electron chi connectivity index (χ1n) is 9.03. The van der Waals surface area contributed by atoms with Gasteiger partial charge in [-0.1, -0.05) is 12.1 Å². The predicted molar refractivity (Wildman–Crippen MR) is 98.3 cm³/mol. The van der Waals surface area contributed by atoms with Crippen LogP contribution < -0.4 is 5.32 Å². The molecule has 2 aromatic rings. The third kappa shape index (κ3) is 4.95. The van der Waals surface area contributed by atoms with E-state index >= 15 is 0 Å². The number of hydrogen-bond acceptors (Lipinski definition) is 4. The lowest BCUT2D eigenvalue weighted by atomic mass is 9.98. The van der Waals surface area contributed by atoms with Gasteiger partial charge in [0.25, 0.3) is 0 Å². The van der Waals surface area contributed by atoms with Crippen LogP contribution in [-0.2, 0) is 11.3 Å². The van der Waals surface area contributed by atoms with Crippen LogP contribution in [0.1, 0.15) is 39.4 Å². The molecule has 1 saturated heterocycles. The third-order valence-corrected chi connectivity index (χ3v) is 4.33. The number of aromatic nitrogens is 2. The molecule has 0 radical (unpaired) electrons. The summed E-state index contributed by atoms with van der Waals surface area (Å²) >= 11 is 0. The highest BCUT2D eigenvalue weighted by molar-refractivity contribution is 5.74. The molecular weight excluding hydrogens is 316 g/mol. The standard InChI is InChI=1S/C19H28N4O2/c1-19(2,3)25-18(24)23-10-6-7-14(13-23)11-20-12-17-21-15-8-4-5-9-16(15)22-17/h4-5,8-9,14,20H,6-7,10-13H2,1-3H3,(H,21,22). The first kappa shape index (κ1) is 17.7. The number of carbonyl (C=O) groups is 1. The Hall–Kier alpha value is -2.08. The molecule has 1 unspecified atom stereocenters. The van der Waals surface area contributed by atoms with Crippen LogP contribution in [0.3, 0.4) is 0 Å². The van der Waals surface area contributed by atoms with Crippen molar-refractivity contribution >= 4 is 17.1 Å². The number of rotatable bonds is 4. The molecule has 1 aromatic carbocycles. The van der Waals surface area contributed by atoms with Crippen molar-refractivity contribution in [3.8, 4) is 0 Å². The molecule has 2 heterocycles. The van der Waals surface area contributed by atoms with Gasteiger partial charge < -0.3 is 19.9 Å². The Morgan fingerprint density at radius 1 is 1.40 bits per heavy atom. The largest absolute Gasteiger partial charge is 0.444 e. The monoisotopic (exact) mass is 344 g/mol. The van der Waals surface area contributed by atoms with Gasteiger partial charge >= 0.3 is 6.09 Å². The molecule has 1 aliphatic rings. The summed E-state index contributed by atoms with van der Waals surface area (Å²) in [7, 11) is 0. The molecule has 0 spiro atoms. The van der Waals surface area contributed by atoms with Gasteiger partial charge in [0, 0.05) is 19.6 Å². The first-order valence-corrected chi connectivity index (χ1v) is 9.03. The number of fused-ring (bicyclic) bond motifs is 1. The van der Waals surface area contributed by atoms with Crippen molar-refractivity contribution in [3.63, 3.8) is 0 Å². The Morgan fingerprint density at radius 3 is 2.96 bits per heavy atom. The maximum Gasteiger partial charge on any atom is 0.410 e. The van der Waals surface area contributed by atoms with Crippen LogP contribution in [0.5, 0.6) is 0 Å². The van der Waals surface area contributed by atoms with Gasteiger partial charge in [-0.3, -0.25) is 0 Å². The van der Waals surface area contributed by atoms with Gasteiger partial charge in [-0.05, 0) is 51.7 Å². The summed E-state index contributed by atoms with van der Waals surface area (Å²) in [6, 6.07) is 8.04. The van der Waals surface area contributed by atoms with Crippen LogP contribution >= 0.6 is 0 Å². The molecule has 6 nitrogen and oxygen atoms in total. The first-order chi connectivity index (χ1) is 11.9. The van der Waals surface area contributed by atoms with E-state index in [-0.39, 0.29) is 6.09 Å². The number of amides is 1. The fraction of sp³-hybridized carbons (Fsp3) is 0.579. The average molecular weight is 344 g/mol. The van der Waals surface area contributed by atoms with Crippen molar-refractivity contribution in [3.05, 3.63) is 30.1 Å². The molecular formula is C19H28N4O2. The Morgan fingerprint density at radius 2 is 2.20 bits per heavy atom. The average Bonchev–Trinajstić information content (AvgIpc) is 2.96. The molecule has 2 N–H and O–H groups in total. The summed E-state index contributed by atoms with van der Waals surface area (Å²) in [6.07, 6.45) is 1.96. The van der Waals surface area contributed by atoms with Crippen LogP contribution in [0.25, 0.3) is 11.0 Å². The number of likely N-dealkylation sites (tertiary alicyclic amines) is 1. The molecule has 1 atom stereocenters. The minimum Gasteiger partial charge on any atom is -0.444 e. The van der Waals surface area contributed by atoms with E-state index in [1.165, 1.54) is 0 Å². The van der Waals surface area contributed by atoms with E-state index in [0.717, 1.165) is 49.3 Å². The highest BCUT2D eigenvalue weighted by atomic mass is 16.6. The zero-order valence-electron chi connectivity index (χ0n) is 15.3. The molecule has 1 fully saturated rings. The van der Waals surface area contributed by atoms with E-state index in [2.05, 4.69) is 15.3 Å². The van der Waals surface area contributed by atoms with Crippen molar-refractivity contribution < 1.29 is 9.53 Å². The number of imidazole rings is 1. The Labute approximate surface area is 149 Å². The molecule has 1 amide bonds. The molecule has 0 saturated carbocycles. The third-order valence-electron chi connectivity index (χ3n) is 4.33. The van der Waals surface area contributed by atoms with Gasteiger partial charge in [0.2, 0.25) is 0 Å². The van der Waals surface area contributed by atoms with E-state index in [1.54, 1.807) is 0 Å². The summed E-state index contributed by atoms with van der Waals surface area (Å²) in [6.45, 7) is 8.83. The number of benzene rings is 1. The molecule has 1 aromatic heterocycles. The van der Waals surface area contributed by atoms with Gasteiger partial charge in [0.15, 0.2) is 0 Å². The second-order valence-corrected chi connectivity index (χ2v) is 7.77. The van der Waals surface area contributed by atoms with Crippen LogP contribution in [0, 0.1) is 5.92 Å². The van der Waals surface area contributed by atoms with E-state index in [0.29, 0.717) is 12.5 Å². The maximum absolute atomic E-state index is 12.2. The zero-order chi connectivity index (χ0) is 17.9. The van der Waals surface area contributed by atoms with Gasteiger partial charge in [0.1, 0.15) is 11.4 Å². The fourth-order valence-electron chi connectivity index (χ4n) is 3.21. The number of ether oxygens (including phenoxy) is 1. The number of H-pyrrole nitrogens is 1. The number of para-hydroxylation sites is 2. The second-order valence-electron chi connectivity index (χ2n) is 7.77. The lowest BCUT2D eigenvalue weighted by Gasteiger charge is -2.34. The molecule has 1 aliphatic heterocycles. The van der Waals surface area contributed by atoms with Crippen molar-refractivity contribution in [1.29, 1.82) is 0 Å². The van der Waals surface area contributed by atoms with E-state index in [9.17, 15) is 4.79 Å². The summed E-state index contributed by atoms with van der Waals surface area (Å²) in [5, 5.41) is 3.47. The number of aromatic amines is 1. The molecule has 136 valence electrons. The molecule has 0 bridgehead atoms. The lowest BCUT2D eigenvalue weighted by Crippen LogP contribution is -2.45. The number of nitrogens with one attached hydrogen (secondary N) is 2. The highest BCUT2D eigenvalue weighted by Gasteiger charge is 2.27. The number of piperidine rings is 1. The van der Waals surface area contributed by atoms with E-state index in [4.69, 9.17) is 4.74 Å². The van der Waals surface area contributed by atoms with Crippen LogP contribution in [0.4, 0.5) is 4.79 Å². The predicted octanol–water partition coefficient (Wildman–Crippen LogP) is 3.30. The molecule has 0 aliphatic carbocycles. The number of hydrogen-bond donors (Lipinski definition) is 2. The molecule has 6 heteroatoms. The number of nitrogens with zero attached hydrogens (tertiary/aromatic N) is 2. The Kier molecular flexibility index (Phi) is 5.27. The summed E-state index contributed by atoms with van der Waals surface area (Å²) in [4.78, 5) is 22.0. The normalized spacial score (nSPS) is 18.5. The summed E-state index contributed by atoms with van der Waals surface area (Å²) in [5.41, 5.74) is 1.62. The SMILES string of the molecule is CC(C)(C)OC(=O)N1CCCC(CNCc2nc3ccccc3[nH]2)C1. The minimum absolute atomic E-state index is 0.200. The molecule has 3 rings (SSSR count). The maximum atomic E-state index is 12.2. The van der Waals surface area contributed by atoms with Crippen molar-refractivity contribution in [1.82, 2.24) is 20.2 Å². The Bertz CT molecular complexity index is 687. The van der Waals surface area contributed by atoms with Crippen molar-refractivity contribution in [2.75, 3.05) is 19.6 Å². The van der Waals surface area contributed by atoms with Gasteiger partial charge in [0.05, 0.1) is 17.6 Å². The fourth-order valence-corrected chi connectivity index (χ4v) is 3.21. The number of carbonyl (C=O) groups excluding carboxylic acids is 1. The van der Waals surface area contributed by atoms with Crippen LogP contribution in [-0.4, -0.2) is 46.2 Å². The smallest absolute Gasteiger partial charge is 0.410 e. The second kappa shape index (κ2) is 7.44. The summed E-state index contributed by atoms with van der Waals surface area (Å²) < 4.78 is 5.48. The quantitative estimate of drug-likeness (QED) is 0.893. The van der Waals surface area contributed by atoms with Gasteiger partial charge in [-0.2, -0.15) is 0 Å². The van der Waals surface area contributed by atoms with E-state index in [1.807, 2.05) is 49.9 Å². The molecule has 25 heavy (non-hydrogen) atoms. The van der Waals surface area contributed by atoms with Crippen molar-refractivity contribution in [2.45, 2.75) is 45.8 Å². The minimum atomic E-state index is -0.441. The van der Waals surface area contributed by atoms with Crippen LogP contribution in [0.15, 0.2) is 24.3 Å². The van der Waals surface area contributed by atoms with Gasteiger partial charge in [-0.15, -0.1) is 0 Å². The van der Waals surface area contributed by atoms with Crippen molar-refractivity contribution in [2.24, 2.45) is 5.92 Å². The van der Waals surface area contributed by atoms with Gasteiger partial charge in [-0.25, -0.2) is 9.78 Å². The topological polar surface area (TPSA) is 70.2 Å². The summed E-state index contributed by atoms with van der Waals surface area (Å²) in [5.74, 6) is 1.40. The van der Waals surface area contributed by atoms with Crippen LogP contribution in [0.2, 0.25) is 0 Å². The van der Waals surface area contributed by atoms with E-state index < -0.39 is 5.60 Å². The zero-order valence-corrected chi connectivity index (χ0v) is 15.3. The highest BCUT2D eigenvalue weighted by Crippen LogP contribution is 2.19. The lowest BCUT2D eigenvalue weighted by molar-refractivity contribution is 0.0166.